The minimum Gasteiger partial charge on any atom is -0.269 e. The van der Waals surface area contributed by atoms with E-state index in [1.165, 1.54) is 0 Å². The Morgan fingerprint density at radius 3 is 2.93 bits per heavy atom. The van der Waals surface area contributed by atoms with E-state index in [0.717, 1.165) is 11.1 Å². The molecule has 14 heavy (non-hydrogen) atoms. The van der Waals surface area contributed by atoms with E-state index in [4.69, 9.17) is 0 Å². The van der Waals surface area contributed by atoms with Crippen molar-refractivity contribution in [3.63, 3.8) is 0 Å². The van der Waals surface area contributed by atoms with Gasteiger partial charge in [-0.1, -0.05) is 17.9 Å². The van der Waals surface area contributed by atoms with Gasteiger partial charge in [0.1, 0.15) is 0 Å². The third-order valence-electron chi connectivity index (χ3n) is 1.26. The fourth-order valence-electron chi connectivity index (χ4n) is 0.743. The summed E-state index contributed by atoms with van der Waals surface area (Å²) in [6, 6.07) is 3.83. The first-order valence-electron chi connectivity index (χ1n) is 3.95. The van der Waals surface area contributed by atoms with Crippen molar-refractivity contribution in [1.82, 2.24) is 0 Å². The summed E-state index contributed by atoms with van der Waals surface area (Å²) in [7, 11) is -3.32. The molecule has 1 rings (SSSR count). The molecular formula is C9H10O3S2. The summed E-state index contributed by atoms with van der Waals surface area (Å²) >= 11 is 1.55. The van der Waals surface area contributed by atoms with Gasteiger partial charge in [0.2, 0.25) is 0 Å². The smallest absolute Gasteiger partial charge is 0.264 e. The molecule has 0 fully saturated rings. The Balaban J connectivity index is 2.28. The maximum absolute atomic E-state index is 10.6. The molecule has 1 aromatic rings. The van der Waals surface area contributed by atoms with Crippen molar-refractivity contribution in [3.8, 4) is 11.8 Å². The Hall–Kier alpha value is -0.830. The zero-order valence-electron chi connectivity index (χ0n) is 7.69. The van der Waals surface area contributed by atoms with E-state index in [1.54, 1.807) is 11.3 Å². The van der Waals surface area contributed by atoms with Gasteiger partial charge in [-0.05, 0) is 11.4 Å². The van der Waals surface area contributed by atoms with Crippen LogP contribution in [0.1, 0.15) is 11.3 Å². The maximum atomic E-state index is 10.6. The van der Waals surface area contributed by atoms with E-state index >= 15 is 0 Å². The summed E-state index contributed by atoms with van der Waals surface area (Å²) < 4.78 is 25.6. The minimum atomic E-state index is -3.32. The Labute approximate surface area is 87.8 Å². The van der Waals surface area contributed by atoms with Crippen molar-refractivity contribution in [2.24, 2.45) is 0 Å². The highest BCUT2D eigenvalue weighted by Crippen LogP contribution is 2.05. The molecule has 0 unspecified atom stereocenters. The third kappa shape index (κ3) is 5.02. The second-order valence-corrected chi connectivity index (χ2v) is 5.15. The predicted molar refractivity (Wildman–Crippen MR) is 56.6 cm³/mol. The number of hydrogen-bond acceptors (Lipinski definition) is 4. The van der Waals surface area contributed by atoms with Crippen LogP contribution in [0.4, 0.5) is 0 Å². The lowest BCUT2D eigenvalue weighted by Gasteiger charge is -1.94. The van der Waals surface area contributed by atoms with E-state index < -0.39 is 10.1 Å². The summed E-state index contributed by atoms with van der Waals surface area (Å²) in [6.07, 6.45) is 1.45. The first kappa shape index (κ1) is 11.2. The molecule has 1 heterocycles. The molecule has 1 aromatic heterocycles. The second-order valence-electron chi connectivity index (χ2n) is 2.56. The van der Waals surface area contributed by atoms with Crippen molar-refractivity contribution < 1.29 is 12.6 Å². The van der Waals surface area contributed by atoms with E-state index in [-0.39, 0.29) is 6.61 Å². The highest BCUT2D eigenvalue weighted by atomic mass is 32.2. The van der Waals surface area contributed by atoms with E-state index in [0.29, 0.717) is 6.42 Å². The lowest BCUT2D eigenvalue weighted by atomic mass is 10.4. The van der Waals surface area contributed by atoms with Crippen molar-refractivity contribution >= 4 is 21.5 Å². The fourth-order valence-corrected chi connectivity index (χ4v) is 1.72. The molecule has 0 atom stereocenters. The molecule has 0 bridgehead atoms. The Morgan fingerprint density at radius 1 is 1.57 bits per heavy atom. The molecule has 0 spiro atoms. The molecule has 0 N–H and O–H groups in total. The molecule has 0 aliphatic heterocycles. The highest BCUT2D eigenvalue weighted by Gasteiger charge is 1.98. The van der Waals surface area contributed by atoms with Gasteiger partial charge < -0.3 is 0 Å². The van der Waals surface area contributed by atoms with Gasteiger partial charge in [-0.2, -0.15) is 8.42 Å². The lowest BCUT2D eigenvalue weighted by molar-refractivity contribution is 0.330. The van der Waals surface area contributed by atoms with Gasteiger partial charge in [0.05, 0.1) is 17.7 Å². The molecule has 0 aliphatic rings. The predicted octanol–water partition coefficient (Wildman–Crippen LogP) is 1.47. The zero-order valence-corrected chi connectivity index (χ0v) is 9.32. The van der Waals surface area contributed by atoms with Crippen LogP contribution in [0.25, 0.3) is 0 Å². The molecule has 0 saturated carbocycles. The molecule has 76 valence electrons. The van der Waals surface area contributed by atoms with Crippen LogP contribution in [0.2, 0.25) is 0 Å². The molecule has 0 amide bonds. The van der Waals surface area contributed by atoms with Crippen molar-refractivity contribution in [2.45, 2.75) is 6.42 Å². The van der Waals surface area contributed by atoms with Crippen LogP contribution in [0.15, 0.2) is 17.5 Å². The molecule has 0 saturated heterocycles. The molecule has 0 aliphatic carbocycles. The standard InChI is InChI=1S/C9H10O3S2/c1-14(10,11)12-7-3-2-5-9-6-4-8-13-9/h4,6,8H,3,7H2,1H3. The summed E-state index contributed by atoms with van der Waals surface area (Å²) in [5, 5.41) is 1.94. The highest BCUT2D eigenvalue weighted by molar-refractivity contribution is 7.85. The summed E-state index contributed by atoms with van der Waals surface area (Å²) in [5.74, 6) is 5.74. The molecule has 3 nitrogen and oxygen atoms in total. The molecule has 5 heteroatoms. The number of rotatable bonds is 3. The Bertz CT molecular complexity index is 420. The van der Waals surface area contributed by atoms with Gasteiger partial charge in [0, 0.05) is 6.42 Å². The van der Waals surface area contributed by atoms with Crippen LogP contribution in [0.3, 0.4) is 0 Å². The first-order chi connectivity index (χ1) is 6.58. The van der Waals surface area contributed by atoms with Gasteiger partial charge >= 0.3 is 0 Å². The van der Waals surface area contributed by atoms with Crippen molar-refractivity contribution in [1.29, 1.82) is 0 Å². The van der Waals surface area contributed by atoms with Gasteiger partial charge in [-0.15, -0.1) is 11.3 Å². The molecule has 0 aromatic carbocycles. The fraction of sp³-hybridized carbons (Fsp3) is 0.333. The largest absolute Gasteiger partial charge is 0.269 e. The normalized spacial score (nSPS) is 10.6. The van der Waals surface area contributed by atoms with Crippen molar-refractivity contribution in [2.75, 3.05) is 12.9 Å². The molecule has 0 radical (unpaired) electrons. The van der Waals surface area contributed by atoms with Gasteiger partial charge in [-0.25, -0.2) is 0 Å². The number of thiophene rings is 1. The van der Waals surface area contributed by atoms with Crippen LogP contribution < -0.4 is 0 Å². The SMILES string of the molecule is CS(=O)(=O)OCCC#Cc1cccs1. The quantitative estimate of drug-likeness (QED) is 0.448. The van der Waals surface area contributed by atoms with Gasteiger partial charge in [-0.3, -0.25) is 4.18 Å². The van der Waals surface area contributed by atoms with Gasteiger partial charge in [0.25, 0.3) is 10.1 Å². The van der Waals surface area contributed by atoms with Crippen LogP contribution in [-0.4, -0.2) is 21.3 Å². The van der Waals surface area contributed by atoms with Gasteiger partial charge in [0.15, 0.2) is 0 Å². The molecular weight excluding hydrogens is 220 g/mol. The third-order valence-corrected chi connectivity index (χ3v) is 2.64. The number of hydrogen-bond donors (Lipinski definition) is 0. The van der Waals surface area contributed by atoms with E-state index in [1.807, 2.05) is 17.5 Å². The van der Waals surface area contributed by atoms with Crippen LogP contribution in [-0.2, 0) is 14.3 Å². The summed E-state index contributed by atoms with van der Waals surface area (Å²) in [4.78, 5) is 0.976. The Morgan fingerprint density at radius 2 is 2.36 bits per heavy atom. The average molecular weight is 230 g/mol. The summed E-state index contributed by atoms with van der Waals surface area (Å²) in [6.45, 7) is 0.122. The topological polar surface area (TPSA) is 43.4 Å². The van der Waals surface area contributed by atoms with Crippen LogP contribution in [0, 0.1) is 11.8 Å². The Kier molecular flexibility index (Phi) is 4.14. The maximum Gasteiger partial charge on any atom is 0.264 e. The van der Waals surface area contributed by atoms with Crippen LogP contribution >= 0.6 is 11.3 Å². The summed E-state index contributed by atoms with van der Waals surface area (Å²) in [5.41, 5.74) is 0. The lowest BCUT2D eigenvalue weighted by Crippen LogP contribution is -2.03. The first-order valence-corrected chi connectivity index (χ1v) is 6.64. The van der Waals surface area contributed by atoms with Crippen LogP contribution in [0.5, 0.6) is 0 Å². The second kappa shape index (κ2) is 5.15. The monoisotopic (exact) mass is 230 g/mol. The van der Waals surface area contributed by atoms with E-state index in [9.17, 15) is 8.42 Å². The zero-order chi connectivity index (χ0) is 10.4. The van der Waals surface area contributed by atoms with Crippen molar-refractivity contribution in [3.05, 3.63) is 22.4 Å². The average Bonchev–Trinajstić information content (AvgIpc) is 2.54. The van der Waals surface area contributed by atoms with E-state index in [2.05, 4.69) is 16.0 Å². The minimum absolute atomic E-state index is 0.122.